The number of nitrogens with zero attached hydrogens (tertiary/aromatic N) is 3. The Morgan fingerprint density at radius 2 is 2.00 bits per heavy atom. The number of halogens is 3. The number of rotatable bonds is 5. The lowest BCUT2D eigenvalue weighted by atomic mass is 10.1. The van der Waals surface area contributed by atoms with Crippen LogP contribution in [0, 0.1) is 11.6 Å². The maximum atomic E-state index is 13.4. The van der Waals surface area contributed by atoms with Gasteiger partial charge in [0, 0.05) is 45.2 Å². The second kappa shape index (κ2) is 8.68. The number of amides is 1. The number of piperidine rings is 1. The molecule has 3 rings (SSSR count). The summed E-state index contributed by atoms with van der Waals surface area (Å²) in [6.07, 6.45) is 2.40. The predicted molar refractivity (Wildman–Crippen MR) is 102 cm³/mol. The summed E-state index contributed by atoms with van der Waals surface area (Å²) in [5, 5.41) is 6.66. The summed E-state index contributed by atoms with van der Waals surface area (Å²) in [6.45, 7) is 0.946. The van der Waals surface area contributed by atoms with Crippen LogP contribution in [0.5, 0.6) is 5.75 Å². The fourth-order valence-corrected chi connectivity index (χ4v) is 3.33. The van der Waals surface area contributed by atoms with Gasteiger partial charge in [-0.15, -0.1) is 0 Å². The molecule has 1 fully saturated rings. The average Bonchev–Trinajstić information content (AvgIpc) is 2.67. The van der Waals surface area contributed by atoms with E-state index in [0.29, 0.717) is 36.1 Å². The summed E-state index contributed by atoms with van der Waals surface area (Å²) in [4.78, 5) is 25.9. The minimum absolute atomic E-state index is 0.000497. The van der Waals surface area contributed by atoms with E-state index in [-0.39, 0.29) is 29.9 Å². The largest absolute Gasteiger partial charge is 0.489 e. The predicted octanol–water partition coefficient (Wildman–Crippen LogP) is 2.30. The Balaban J connectivity index is 1.51. The van der Waals surface area contributed by atoms with Gasteiger partial charge in [0.1, 0.15) is 17.5 Å². The zero-order chi connectivity index (χ0) is 20.3. The molecular weight excluding hydrogens is 438 g/mol. The normalized spacial score (nSPS) is 14.8. The highest BCUT2D eigenvalue weighted by molar-refractivity contribution is 9.10. The fraction of sp³-hybridized carbons (Fsp3) is 0.389. The van der Waals surface area contributed by atoms with E-state index in [9.17, 15) is 18.4 Å². The number of likely N-dealkylation sites (tertiary alicyclic amines) is 1. The van der Waals surface area contributed by atoms with Crippen molar-refractivity contribution < 1.29 is 18.3 Å². The van der Waals surface area contributed by atoms with Crippen LogP contribution in [-0.2, 0) is 11.8 Å². The van der Waals surface area contributed by atoms with Crippen molar-refractivity contribution in [2.24, 2.45) is 7.05 Å². The minimum atomic E-state index is -0.973. The number of aromatic nitrogens is 2. The maximum Gasteiger partial charge on any atom is 0.289 e. The zero-order valence-electron chi connectivity index (χ0n) is 15.1. The van der Waals surface area contributed by atoms with Gasteiger partial charge < -0.3 is 15.0 Å². The molecule has 0 spiro atoms. The second-order valence-corrected chi connectivity index (χ2v) is 7.28. The summed E-state index contributed by atoms with van der Waals surface area (Å²) < 4.78 is 33.9. The van der Waals surface area contributed by atoms with E-state index < -0.39 is 11.6 Å². The molecule has 7 nitrogen and oxygen atoms in total. The van der Waals surface area contributed by atoms with Crippen molar-refractivity contribution in [3.8, 4) is 5.75 Å². The molecule has 1 aromatic carbocycles. The highest BCUT2D eigenvalue weighted by atomic mass is 79.9. The van der Waals surface area contributed by atoms with E-state index in [1.807, 2.05) is 0 Å². The lowest BCUT2D eigenvalue weighted by molar-refractivity contribution is -0.131. The Labute approximate surface area is 168 Å². The molecule has 2 aromatic rings. The van der Waals surface area contributed by atoms with E-state index in [1.165, 1.54) is 24.0 Å². The highest BCUT2D eigenvalue weighted by Crippen LogP contribution is 2.30. The van der Waals surface area contributed by atoms with Gasteiger partial charge in [-0.2, -0.15) is 5.10 Å². The van der Waals surface area contributed by atoms with Crippen molar-refractivity contribution in [1.29, 1.82) is 0 Å². The Hall–Kier alpha value is -2.49. The molecular formula is C18H19BrF2N4O3. The molecule has 28 heavy (non-hydrogen) atoms. The number of aryl methyl sites for hydroxylation is 1. The van der Waals surface area contributed by atoms with Crippen molar-refractivity contribution in [1.82, 2.24) is 14.7 Å². The first kappa shape index (κ1) is 20.2. The van der Waals surface area contributed by atoms with Gasteiger partial charge in [-0.1, -0.05) is 0 Å². The number of ether oxygens (including phenoxy) is 1. The lowest BCUT2D eigenvalue weighted by Gasteiger charge is -2.32. The number of hydrogen-bond donors (Lipinski definition) is 1. The highest BCUT2D eigenvalue weighted by Gasteiger charge is 2.25. The number of nitrogens with one attached hydrogen (secondary N) is 1. The Morgan fingerprint density at radius 3 is 2.71 bits per heavy atom. The Morgan fingerprint density at radius 1 is 1.32 bits per heavy atom. The molecule has 0 saturated carbocycles. The molecule has 150 valence electrons. The SMILES string of the molecule is Cn1nccc(NCC(=O)N2CCC(Oc3cc(F)c(F)cc3Br)CC2)c1=O. The van der Waals surface area contributed by atoms with Gasteiger partial charge in [-0.05, 0) is 28.1 Å². The van der Waals surface area contributed by atoms with E-state index >= 15 is 0 Å². The van der Waals surface area contributed by atoms with Gasteiger partial charge in [0.15, 0.2) is 11.6 Å². The summed E-state index contributed by atoms with van der Waals surface area (Å²) in [6, 6.07) is 3.56. The number of hydrogen-bond acceptors (Lipinski definition) is 5. The molecule has 1 aliphatic rings. The molecule has 0 bridgehead atoms. The van der Waals surface area contributed by atoms with Crippen LogP contribution in [-0.4, -0.2) is 46.3 Å². The lowest BCUT2D eigenvalue weighted by Crippen LogP contribution is -2.44. The van der Waals surface area contributed by atoms with E-state index in [4.69, 9.17) is 4.74 Å². The Kier molecular flexibility index (Phi) is 6.28. The van der Waals surface area contributed by atoms with Gasteiger partial charge >= 0.3 is 0 Å². The van der Waals surface area contributed by atoms with Crippen LogP contribution < -0.4 is 15.6 Å². The van der Waals surface area contributed by atoms with Gasteiger partial charge in [0.25, 0.3) is 5.56 Å². The number of carbonyl (C=O) groups excluding carboxylic acids is 1. The summed E-state index contributed by atoms with van der Waals surface area (Å²) >= 11 is 3.16. The van der Waals surface area contributed by atoms with Crippen LogP contribution in [0.25, 0.3) is 0 Å². The van der Waals surface area contributed by atoms with Crippen molar-refractivity contribution in [3.63, 3.8) is 0 Å². The molecule has 1 saturated heterocycles. The van der Waals surface area contributed by atoms with Crippen LogP contribution in [0.3, 0.4) is 0 Å². The first-order valence-electron chi connectivity index (χ1n) is 8.70. The molecule has 10 heteroatoms. The molecule has 0 atom stereocenters. The molecule has 1 N–H and O–H groups in total. The Bertz CT molecular complexity index is 930. The third-order valence-electron chi connectivity index (χ3n) is 4.50. The number of carbonyl (C=O) groups is 1. The second-order valence-electron chi connectivity index (χ2n) is 6.42. The van der Waals surface area contributed by atoms with E-state index in [1.54, 1.807) is 4.90 Å². The smallest absolute Gasteiger partial charge is 0.289 e. The van der Waals surface area contributed by atoms with Crippen molar-refractivity contribution in [3.05, 3.63) is 50.9 Å². The quantitative estimate of drug-likeness (QED) is 0.698. The molecule has 1 aliphatic heterocycles. The number of anilines is 1. The first-order chi connectivity index (χ1) is 13.3. The molecule has 1 aromatic heterocycles. The summed E-state index contributed by atoms with van der Waals surface area (Å²) in [7, 11) is 1.53. The van der Waals surface area contributed by atoms with Crippen molar-refractivity contribution in [2.45, 2.75) is 18.9 Å². The van der Waals surface area contributed by atoms with Gasteiger partial charge in [-0.3, -0.25) is 9.59 Å². The molecule has 2 heterocycles. The number of benzene rings is 1. The third kappa shape index (κ3) is 4.67. The first-order valence-corrected chi connectivity index (χ1v) is 9.49. The van der Waals surface area contributed by atoms with E-state index in [2.05, 4.69) is 26.3 Å². The van der Waals surface area contributed by atoms with Crippen LogP contribution in [0.15, 0.2) is 33.7 Å². The molecule has 0 unspecified atom stereocenters. The third-order valence-corrected chi connectivity index (χ3v) is 5.12. The fourth-order valence-electron chi connectivity index (χ4n) is 2.92. The monoisotopic (exact) mass is 456 g/mol. The van der Waals surface area contributed by atoms with Gasteiger partial charge in [0.05, 0.1) is 11.0 Å². The zero-order valence-corrected chi connectivity index (χ0v) is 16.7. The van der Waals surface area contributed by atoms with Crippen LogP contribution >= 0.6 is 15.9 Å². The van der Waals surface area contributed by atoms with Crippen molar-refractivity contribution >= 4 is 27.5 Å². The summed E-state index contributed by atoms with van der Waals surface area (Å²) in [5.41, 5.74) is 0.00627. The minimum Gasteiger partial charge on any atom is -0.489 e. The van der Waals surface area contributed by atoms with Gasteiger partial charge in [-0.25, -0.2) is 13.5 Å². The standard InChI is InChI=1S/C18H19BrF2N4O3/c1-24-18(27)15(2-5-23-24)22-10-17(26)25-6-3-11(4-7-25)28-16-9-14(21)13(20)8-12(16)19/h2,5,8-9,11,22H,3-4,6-7,10H2,1H3. The maximum absolute atomic E-state index is 13.4. The molecule has 0 radical (unpaired) electrons. The van der Waals surface area contributed by atoms with Gasteiger partial charge in [0.2, 0.25) is 5.91 Å². The van der Waals surface area contributed by atoms with Crippen LogP contribution in [0.2, 0.25) is 0 Å². The van der Waals surface area contributed by atoms with Crippen LogP contribution in [0.4, 0.5) is 14.5 Å². The molecule has 1 amide bonds. The average molecular weight is 457 g/mol. The van der Waals surface area contributed by atoms with Crippen LogP contribution in [0.1, 0.15) is 12.8 Å². The van der Waals surface area contributed by atoms with E-state index in [0.717, 1.165) is 12.1 Å². The van der Waals surface area contributed by atoms with Crippen molar-refractivity contribution in [2.75, 3.05) is 25.0 Å². The molecule has 0 aliphatic carbocycles. The summed E-state index contributed by atoms with van der Waals surface area (Å²) in [5.74, 6) is -1.82. The topological polar surface area (TPSA) is 76.5 Å².